The average molecular weight is 397 g/mol. The van der Waals surface area contributed by atoms with Gasteiger partial charge in [-0.2, -0.15) is 0 Å². The molecule has 0 atom stereocenters. The lowest BCUT2D eigenvalue weighted by Gasteiger charge is -2.28. The molecular formula is C18H18Cl2N2O2S. The molecule has 0 saturated carbocycles. The monoisotopic (exact) mass is 396 g/mol. The van der Waals surface area contributed by atoms with Crippen molar-refractivity contribution in [2.75, 3.05) is 42.3 Å². The Kier molecular flexibility index (Phi) is 6.48. The minimum atomic E-state index is -0.0971. The Bertz CT molecular complexity index is 714. The van der Waals surface area contributed by atoms with Gasteiger partial charge < -0.3 is 15.0 Å². The number of thioether (sulfide) groups is 1. The normalized spacial score (nSPS) is 14.4. The second-order valence-corrected chi connectivity index (χ2v) is 7.33. The van der Waals surface area contributed by atoms with E-state index in [4.69, 9.17) is 27.9 Å². The summed E-state index contributed by atoms with van der Waals surface area (Å²) in [4.78, 5) is 15.1. The highest BCUT2D eigenvalue weighted by molar-refractivity contribution is 8.00. The third-order valence-corrected chi connectivity index (χ3v) is 5.78. The molecule has 25 heavy (non-hydrogen) atoms. The molecule has 132 valence electrons. The smallest absolute Gasteiger partial charge is 0.234 e. The van der Waals surface area contributed by atoms with Crippen molar-refractivity contribution in [2.45, 2.75) is 4.90 Å². The fourth-order valence-corrected chi connectivity index (χ4v) is 4.02. The molecule has 7 heteroatoms. The molecule has 2 aromatic rings. The predicted molar refractivity (Wildman–Crippen MR) is 105 cm³/mol. The van der Waals surface area contributed by atoms with Gasteiger partial charge in [-0.15, -0.1) is 11.8 Å². The summed E-state index contributed by atoms with van der Waals surface area (Å²) in [5.41, 5.74) is 1.91. The number of rotatable bonds is 5. The van der Waals surface area contributed by atoms with Crippen molar-refractivity contribution in [1.82, 2.24) is 0 Å². The number of nitrogens with one attached hydrogen (secondary N) is 1. The van der Waals surface area contributed by atoms with Crippen LogP contribution in [0.5, 0.6) is 0 Å². The van der Waals surface area contributed by atoms with Crippen molar-refractivity contribution in [3.05, 3.63) is 52.5 Å². The molecule has 1 N–H and O–H groups in total. The lowest BCUT2D eigenvalue weighted by molar-refractivity contribution is -0.113. The molecule has 0 aromatic heterocycles. The van der Waals surface area contributed by atoms with E-state index < -0.39 is 0 Å². The maximum Gasteiger partial charge on any atom is 0.234 e. The van der Waals surface area contributed by atoms with E-state index in [1.807, 2.05) is 24.3 Å². The summed E-state index contributed by atoms with van der Waals surface area (Å²) in [5.74, 6) is 0.148. The van der Waals surface area contributed by atoms with Crippen LogP contribution < -0.4 is 10.2 Å². The van der Waals surface area contributed by atoms with Gasteiger partial charge in [-0.05, 0) is 36.4 Å². The topological polar surface area (TPSA) is 41.6 Å². The Labute approximate surface area is 161 Å². The number of anilines is 2. The number of ether oxygens (including phenoxy) is 1. The highest BCUT2D eigenvalue weighted by atomic mass is 35.5. The molecule has 1 aliphatic heterocycles. The fraction of sp³-hybridized carbons (Fsp3) is 0.278. The number of morpholine rings is 1. The second kappa shape index (κ2) is 8.81. The van der Waals surface area contributed by atoms with Crippen molar-refractivity contribution in [3.8, 4) is 0 Å². The second-order valence-electron chi connectivity index (χ2n) is 5.53. The van der Waals surface area contributed by atoms with Crippen LogP contribution in [-0.2, 0) is 9.53 Å². The first-order valence-corrected chi connectivity index (χ1v) is 9.67. The van der Waals surface area contributed by atoms with Crippen LogP contribution in [0, 0.1) is 0 Å². The van der Waals surface area contributed by atoms with Crippen molar-refractivity contribution < 1.29 is 9.53 Å². The zero-order valence-electron chi connectivity index (χ0n) is 13.5. The van der Waals surface area contributed by atoms with Gasteiger partial charge in [0.1, 0.15) is 0 Å². The van der Waals surface area contributed by atoms with E-state index in [1.54, 1.807) is 18.2 Å². The molecule has 1 heterocycles. The molecular weight excluding hydrogens is 379 g/mol. The summed E-state index contributed by atoms with van der Waals surface area (Å²) >= 11 is 13.6. The summed E-state index contributed by atoms with van der Waals surface area (Å²) in [7, 11) is 0. The largest absolute Gasteiger partial charge is 0.378 e. The highest BCUT2D eigenvalue weighted by Gasteiger charge is 2.12. The summed E-state index contributed by atoms with van der Waals surface area (Å²) in [5, 5.41) is 4.00. The summed E-state index contributed by atoms with van der Waals surface area (Å²) in [6.07, 6.45) is 0. The van der Waals surface area contributed by atoms with Gasteiger partial charge in [-0.3, -0.25) is 4.79 Å². The van der Waals surface area contributed by atoms with Gasteiger partial charge in [0.05, 0.1) is 29.0 Å². The molecule has 4 nitrogen and oxygen atoms in total. The predicted octanol–water partition coefficient (Wildman–Crippen LogP) is 4.56. The van der Waals surface area contributed by atoms with Crippen molar-refractivity contribution in [1.29, 1.82) is 0 Å². The molecule has 0 bridgehead atoms. The van der Waals surface area contributed by atoms with Crippen LogP contribution >= 0.6 is 35.0 Å². The molecule has 0 aliphatic carbocycles. The fourth-order valence-electron chi connectivity index (χ4n) is 2.53. The number of hydrogen-bond acceptors (Lipinski definition) is 4. The zero-order valence-corrected chi connectivity index (χ0v) is 15.8. The van der Waals surface area contributed by atoms with E-state index in [0.717, 1.165) is 42.6 Å². The van der Waals surface area contributed by atoms with Gasteiger partial charge in [0.15, 0.2) is 0 Å². The van der Waals surface area contributed by atoms with Crippen LogP contribution in [0.25, 0.3) is 0 Å². The Morgan fingerprint density at radius 2 is 1.72 bits per heavy atom. The van der Waals surface area contributed by atoms with Gasteiger partial charge in [0.2, 0.25) is 5.91 Å². The number of hydrogen-bond donors (Lipinski definition) is 1. The summed E-state index contributed by atoms with van der Waals surface area (Å²) < 4.78 is 5.36. The maximum atomic E-state index is 12.1. The number of benzene rings is 2. The van der Waals surface area contributed by atoms with Crippen molar-refractivity contribution >= 4 is 52.2 Å². The molecule has 1 aliphatic rings. The first-order chi connectivity index (χ1) is 12.1. The number of carbonyl (C=O) groups excluding carboxylic acids is 1. The van der Waals surface area contributed by atoms with Gasteiger partial charge in [0, 0.05) is 29.4 Å². The van der Waals surface area contributed by atoms with Gasteiger partial charge in [-0.1, -0.05) is 29.3 Å². The zero-order chi connectivity index (χ0) is 17.6. The Hall–Kier alpha value is -1.40. The minimum absolute atomic E-state index is 0.0971. The Morgan fingerprint density at radius 3 is 2.36 bits per heavy atom. The standard InChI is InChI=1S/C18H18Cl2N2O2S/c19-15-2-1-3-16(20)18(15)25-12-17(23)21-13-4-6-14(7-5-13)22-8-10-24-11-9-22/h1-7H,8-12H2,(H,21,23). The third kappa shape index (κ3) is 5.05. The first kappa shape index (κ1) is 18.4. The number of amides is 1. The Morgan fingerprint density at radius 1 is 1.08 bits per heavy atom. The number of halogens is 2. The summed E-state index contributed by atoms with van der Waals surface area (Å²) in [6, 6.07) is 13.2. The molecule has 3 rings (SSSR count). The van der Waals surface area contributed by atoms with Crippen LogP contribution in [-0.4, -0.2) is 38.0 Å². The van der Waals surface area contributed by atoms with Crippen LogP contribution in [0.3, 0.4) is 0 Å². The van der Waals surface area contributed by atoms with Crippen LogP contribution in [0.4, 0.5) is 11.4 Å². The van der Waals surface area contributed by atoms with Crippen LogP contribution in [0.2, 0.25) is 10.0 Å². The molecule has 0 spiro atoms. The highest BCUT2D eigenvalue weighted by Crippen LogP contribution is 2.33. The summed E-state index contributed by atoms with van der Waals surface area (Å²) in [6.45, 7) is 3.28. The van der Waals surface area contributed by atoms with Crippen LogP contribution in [0.15, 0.2) is 47.4 Å². The minimum Gasteiger partial charge on any atom is -0.378 e. The van der Waals surface area contributed by atoms with Crippen molar-refractivity contribution in [3.63, 3.8) is 0 Å². The lowest BCUT2D eigenvalue weighted by Crippen LogP contribution is -2.36. The molecule has 2 aromatic carbocycles. The molecule has 1 fully saturated rings. The quantitative estimate of drug-likeness (QED) is 0.751. The van der Waals surface area contributed by atoms with Crippen LogP contribution in [0.1, 0.15) is 0 Å². The van der Waals surface area contributed by atoms with E-state index in [-0.39, 0.29) is 11.7 Å². The van der Waals surface area contributed by atoms with E-state index in [9.17, 15) is 4.79 Å². The van der Waals surface area contributed by atoms with Gasteiger partial charge >= 0.3 is 0 Å². The maximum absolute atomic E-state index is 12.1. The molecule has 0 unspecified atom stereocenters. The first-order valence-electron chi connectivity index (χ1n) is 7.93. The van der Waals surface area contributed by atoms with Gasteiger partial charge in [0.25, 0.3) is 0 Å². The SMILES string of the molecule is O=C(CSc1c(Cl)cccc1Cl)Nc1ccc(N2CCOCC2)cc1. The number of nitrogens with zero attached hydrogens (tertiary/aromatic N) is 1. The average Bonchev–Trinajstić information content (AvgIpc) is 2.63. The number of carbonyl (C=O) groups is 1. The van der Waals surface area contributed by atoms with Crippen molar-refractivity contribution in [2.24, 2.45) is 0 Å². The van der Waals surface area contributed by atoms with E-state index in [2.05, 4.69) is 10.2 Å². The van der Waals surface area contributed by atoms with Gasteiger partial charge in [-0.25, -0.2) is 0 Å². The lowest BCUT2D eigenvalue weighted by atomic mass is 10.2. The third-order valence-electron chi connectivity index (χ3n) is 3.79. The molecule has 1 saturated heterocycles. The van der Waals surface area contributed by atoms with E-state index in [0.29, 0.717) is 10.0 Å². The van der Waals surface area contributed by atoms with E-state index in [1.165, 1.54) is 11.8 Å². The molecule has 1 amide bonds. The Balaban J connectivity index is 1.54. The van der Waals surface area contributed by atoms with E-state index >= 15 is 0 Å². The molecule has 0 radical (unpaired) electrons.